The third-order valence-corrected chi connectivity index (χ3v) is 3.56. The van der Waals surface area contributed by atoms with Crippen molar-refractivity contribution < 1.29 is 0 Å². The van der Waals surface area contributed by atoms with Gasteiger partial charge in [-0.1, -0.05) is 49.4 Å². The molecule has 1 unspecified atom stereocenters. The highest BCUT2D eigenvalue weighted by molar-refractivity contribution is 5.94. The smallest absolute Gasteiger partial charge is 0.274 e. The zero-order chi connectivity index (χ0) is 14.8. The summed E-state index contributed by atoms with van der Waals surface area (Å²) in [5.74, 6) is 0.462. The van der Waals surface area contributed by atoms with Gasteiger partial charge in [0.1, 0.15) is 5.69 Å². The van der Waals surface area contributed by atoms with Gasteiger partial charge in [0.2, 0.25) is 0 Å². The quantitative estimate of drug-likeness (QED) is 0.771. The molecule has 21 heavy (non-hydrogen) atoms. The molecule has 2 aromatic carbocycles. The Morgan fingerprint density at radius 1 is 1.14 bits per heavy atom. The fraction of sp³-hybridized carbons (Fsp3) is 0.188. The Labute approximate surface area is 121 Å². The lowest BCUT2D eigenvalue weighted by Gasteiger charge is -2.08. The minimum atomic E-state index is -0.386. The summed E-state index contributed by atoms with van der Waals surface area (Å²) < 4.78 is 0. The van der Waals surface area contributed by atoms with Crippen molar-refractivity contribution in [3.63, 3.8) is 0 Å². The number of aromatic amines is 1. The Bertz CT molecular complexity index is 836. The molecule has 1 heterocycles. The van der Waals surface area contributed by atoms with Crippen LogP contribution in [0.3, 0.4) is 0 Å². The molecule has 3 rings (SSSR count). The van der Waals surface area contributed by atoms with Crippen molar-refractivity contribution in [3.8, 4) is 11.4 Å². The lowest BCUT2D eigenvalue weighted by atomic mass is 10.0. The number of benzene rings is 2. The van der Waals surface area contributed by atoms with E-state index in [0.29, 0.717) is 12.2 Å². The summed E-state index contributed by atoms with van der Waals surface area (Å²) in [6.45, 7) is 1.91. The fourth-order valence-electron chi connectivity index (χ4n) is 2.33. The number of fused-ring (bicyclic) bond motifs is 1. The van der Waals surface area contributed by atoms with Gasteiger partial charge in [0.05, 0.1) is 6.04 Å². The molecule has 5 heteroatoms. The molecule has 0 radical (unpaired) electrons. The van der Waals surface area contributed by atoms with E-state index in [2.05, 4.69) is 15.2 Å². The Morgan fingerprint density at radius 3 is 2.67 bits per heavy atom. The van der Waals surface area contributed by atoms with E-state index in [0.717, 1.165) is 16.3 Å². The number of nitrogens with two attached hydrogens (primary N) is 1. The van der Waals surface area contributed by atoms with Crippen LogP contribution >= 0.6 is 0 Å². The van der Waals surface area contributed by atoms with Crippen LogP contribution in [0.2, 0.25) is 0 Å². The van der Waals surface area contributed by atoms with Crippen LogP contribution in [-0.4, -0.2) is 15.2 Å². The Morgan fingerprint density at radius 2 is 1.90 bits per heavy atom. The van der Waals surface area contributed by atoms with Gasteiger partial charge in [0, 0.05) is 5.56 Å². The van der Waals surface area contributed by atoms with Gasteiger partial charge in [0.25, 0.3) is 5.56 Å². The molecule has 0 fully saturated rings. The SMILES string of the molecule is CCC(N)c1nnc(-c2cccc3ccccc23)[nH]c1=O. The zero-order valence-electron chi connectivity index (χ0n) is 11.7. The van der Waals surface area contributed by atoms with Crippen LogP contribution in [0.15, 0.2) is 47.3 Å². The Kier molecular flexibility index (Phi) is 3.50. The summed E-state index contributed by atoms with van der Waals surface area (Å²) in [7, 11) is 0. The standard InChI is InChI=1S/C16H16N4O/c1-2-13(17)14-16(21)18-15(20-19-14)12-9-5-7-10-6-3-4-8-11(10)12/h3-9,13H,2,17H2,1H3,(H,18,20,21). The molecule has 106 valence electrons. The van der Waals surface area contributed by atoms with E-state index in [1.54, 1.807) is 0 Å². The van der Waals surface area contributed by atoms with Crippen molar-refractivity contribution in [2.45, 2.75) is 19.4 Å². The van der Waals surface area contributed by atoms with Crippen LogP contribution in [0.1, 0.15) is 25.1 Å². The van der Waals surface area contributed by atoms with Crippen molar-refractivity contribution in [1.29, 1.82) is 0 Å². The number of aromatic nitrogens is 3. The molecule has 3 aromatic rings. The minimum Gasteiger partial charge on any atom is -0.322 e. The summed E-state index contributed by atoms with van der Waals surface area (Å²) in [4.78, 5) is 14.9. The first-order valence-electron chi connectivity index (χ1n) is 6.91. The molecule has 0 aliphatic rings. The van der Waals surface area contributed by atoms with Gasteiger partial charge in [-0.25, -0.2) is 0 Å². The third kappa shape index (κ3) is 2.43. The second kappa shape index (κ2) is 5.46. The number of rotatable bonds is 3. The average molecular weight is 280 g/mol. The highest BCUT2D eigenvalue weighted by Gasteiger charge is 2.13. The van der Waals surface area contributed by atoms with Gasteiger partial charge in [-0.3, -0.25) is 4.79 Å². The Balaban J connectivity index is 2.16. The molecular formula is C16H16N4O. The van der Waals surface area contributed by atoms with Crippen molar-refractivity contribution in [3.05, 3.63) is 58.5 Å². The maximum absolute atomic E-state index is 12.1. The lowest BCUT2D eigenvalue weighted by Crippen LogP contribution is -2.24. The number of H-pyrrole nitrogens is 1. The van der Waals surface area contributed by atoms with Crippen LogP contribution in [0.4, 0.5) is 0 Å². The maximum atomic E-state index is 12.1. The summed E-state index contributed by atoms with van der Waals surface area (Å²) in [6.07, 6.45) is 0.644. The molecule has 0 spiro atoms. The van der Waals surface area contributed by atoms with Gasteiger partial charge in [0.15, 0.2) is 5.82 Å². The first-order chi connectivity index (χ1) is 10.2. The monoisotopic (exact) mass is 280 g/mol. The third-order valence-electron chi connectivity index (χ3n) is 3.56. The Hall–Kier alpha value is -2.53. The van der Waals surface area contributed by atoms with Crippen molar-refractivity contribution in [1.82, 2.24) is 15.2 Å². The van der Waals surface area contributed by atoms with Gasteiger partial charge >= 0.3 is 0 Å². The van der Waals surface area contributed by atoms with Crippen LogP contribution in [-0.2, 0) is 0 Å². The fourth-order valence-corrected chi connectivity index (χ4v) is 2.33. The van der Waals surface area contributed by atoms with Gasteiger partial charge in [-0.05, 0) is 17.2 Å². The summed E-state index contributed by atoms with van der Waals surface area (Å²) >= 11 is 0. The first-order valence-corrected chi connectivity index (χ1v) is 6.91. The van der Waals surface area contributed by atoms with E-state index < -0.39 is 0 Å². The van der Waals surface area contributed by atoms with Gasteiger partial charge < -0.3 is 10.7 Å². The number of nitrogens with zero attached hydrogens (tertiary/aromatic N) is 2. The van der Waals surface area contributed by atoms with Crippen LogP contribution in [0, 0.1) is 0 Å². The van der Waals surface area contributed by atoms with Crippen molar-refractivity contribution >= 4 is 10.8 Å². The maximum Gasteiger partial charge on any atom is 0.274 e. The predicted molar refractivity (Wildman–Crippen MR) is 82.8 cm³/mol. The molecule has 0 aliphatic carbocycles. The molecule has 0 saturated carbocycles. The number of hydrogen-bond donors (Lipinski definition) is 2. The van der Waals surface area contributed by atoms with E-state index in [9.17, 15) is 4.79 Å². The molecule has 0 amide bonds. The molecule has 1 atom stereocenters. The molecule has 3 N–H and O–H groups in total. The van der Waals surface area contributed by atoms with E-state index in [1.807, 2.05) is 49.4 Å². The summed E-state index contributed by atoms with van der Waals surface area (Å²) in [5, 5.41) is 10.3. The predicted octanol–water partition coefficient (Wildman–Crippen LogP) is 2.39. The molecule has 1 aromatic heterocycles. The van der Waals surface area contributed by atoms with Gasteiger partial charge in [-0.2, -0.15) is 0 Å². The number of nitrogens with one attached hydrogen (secondary N) is 1. The molecule has 5 nitrogen and oxygen atoms in total. The molecule has 0 bridgehead atoms. The minimum absolute atomic E-state index is 0.276. The largest absolute Gasteiger partial charge is 0.322 e. The molecule has 0 saturated heterocycles. The topological polar surface area (TPSA) is 84.7 Å². The summed E-state index contributed by atoms with van der Waals surface area (Å²) in [5.41, 5.74) is 6.71. The zero-order valence-corrected chi connectivity index (χ0v) is 11.7. The first kappa shape index (κ1) is 13.5. The van der Waals surface area contributed by atoms with Crippen LogP contribution in [0.5, 0.6) is 0 Å². The van der Waals surface area contributed by atoms with Crippen LogP contribution in [0.25, 0.3) is 22.2 Å². The molecule has 0 aliphatic heterocycles. The van der Waals surface area contributed by atoms with E-state index in [-0.39, 0.29) is 17.3 Å². The van der Waals surface area contributed by atoms with Gasteiger partial charge in [-0.15, -0.1) is 10.2 Å². The van der Waals surface area contributed by atoms with Crippen molar-refractivity contribution in [2.75, 3.05) is 0 Å². The second-order valence-electron chi connectivity index (χ2n) is 4.93. The lowest BCUT2D eigenvalue weighted by molar-refractivity contribution is 0.645. The van der Waals surface area contributed by atoms with E-state index in [4.69, 9.17) is 5.73 Å². The highest BCUT2D eigenvalue weighted by Crippen LogP contribution is 2.25. The normalized spacial score (nSPS) is 12.5. The number of hydrogen-bond acceptors (Lipinski definition) is 4. The average Bonchev–Trinajstić information content (AvgIpc) is 2.53. The second-order valence-corrected chi connectivity index (χ2v) is 4.93. The van der Waals surface area contributed by atoms with E-state index >= 15 is 0 Å². The van der Waals surface area contributed by atoms with E-state index in [1.165, 1.54) is 0 Å². The molecular weight excluding hydrogens is 264 g/mol. The highest BCUT2D eigenvalue weighted by atomic mass is 16.1. The van der Waals surface area contributed by atoms with Crippen molar-refractivity contribution in [2.24, 2.45) is 5.73 Å². The van der Waals surface area contributed by atoms with Crippen LogP contribution < -0.4 is 11.3 Å². The summed E-state index contributed by atoms with van der Waals surface area (Å²) in [6, 6.07) is 13.4.